The second-order valence-electron chi connectivity index (χ2n) is 13.8. The van der Waals surface area contributed by atoms with Crippen molar-refractivity contribution in [1.29, 1.82) is 0 Å². The van der Waals surface area contributed by atoms with Gasteiger partial charge < -0.3 is 9.42 Å². The molecule has 0 saturated carbocycles. The second kappa shape index (κ2) is 30.6. The molecule has 0 aliphatic carbocycles. The highest BCUT2D eigenvalue weighted by molar-refractivity contribution is 7.52. The minimum absolute atomic E-state index is 0.335. The van der Waals surface area contributed by atoms with Gasteiger partial charge in [0.25, 0.3) is 0 Å². The lowest BCUT2D eigenvalue weighted by atomic mass is 10.0. The largest absolute Gasteiger partial charge is 0.328 e. The first-order chi connectivity index (χ1) is 19.3. The summed E-state index contributed by atoms with van der Waals surface area (Å²) in [6.45, 7) is 9.74. The maximum atomic E-state index is 12.3. The predicted molar refractivity (Wildman–Crippen MR) is 180 cm³/mol. The quantitative estimate of drug-likeness (QED) is 0.0614. The minimum Gasteiger partial charge on any atom is -0.324 e. The van der Waals surface area contributed by atoms with Crippen LogP contribution in [0.25, 0.3) is 0 Å². The fraction of sp³-hybridized carbons (Fsp3) is 1.00. The van der Waals surface area contributed by atoms with E-state index < -0.39 is 7.60 Å². The Hall–Kier alpha value is 0.150. The molecular weight excluding hydrogens is 511 g/mol. The molecule has 0 bridgehead atoms. The van der Waals surface area contributed by atoms with Gasteiger partial charge in [0, 0.05) is 6.16 Å². The summed E-state index contributed by atoms with van der Waals surface area (Å²) in [5, 5.41) is 0. The molecule has 1 atom stereocenters. The molecule has 0 aromatic rings. The van der Waals surface area contributed by atoms with Gasteiger partial charge in [0.05, 0.1) is 6.61 Å². The van der Waals surface area contributed by atoms with E-state index in [9.17, 15) is 9.46 Å². The Morgan fingerprint density at radius 3 is 0.975 bits per heavy atom. The average Bonchev–Trinajstić information content (AvgIpc) is 2.90. The van der Waals surface area contributed by atoms with Crippen molar-refractivity contribution in [2.75, 3.05) is 12.8 Å². The van der Waals surface area contributed by atoms with Crippen molar-refractivity contribution in [2.24, 2.45) is 11.8 Å². The predicted octanol–water partition coefficient (Wildman–Crippen LogP) is 13.4. The normalized spacial score (nSPS) is 13.5. The summed E-state index contributed by atoms with van der Waals surface area (Å²) in [7, 11) is -3.37. The summed E-state index contributed by atoms with van der Waals surface area (Å²) in [5.74, 6) is 1.72. The van der Waals surface area contributed by atoms with Crippen LogP contribution in [0.3, 0.4) is 0 Å². The lowest BCUT2D eigenvalue weighted by Gasteiger charge is -2.12. The van der Waals surface area contributed by atoms with E-state index in [1.165, 1.54) is 154 Å². The monoisotopic (exact) mass is 587 g/mol. The highest BCUT2D eigenvalue weighted by Crippen LogP contribution is 2.43. The van der Waals surface area contributed by atoms with E-state index in [0.717, 1.165) is 37.5 Å². The van der Waals surface area contributed by atoms with Crippen LogP contribution < -0.4 is 0 Å². The Labute approximate surface area is 253 Å². The molecule has 0 aliphatic heterocycles. The maximum absolute atomic E-state index is 12.3. The third kappa shape index (κ3) is 34.4. The first-order valence-electron chi connectivity index (χ1n) is 18.3. The zero-order chi connectivity index (χ0) is 29.6. The third-order valence-electron chi connectivity index (χ3n) is 8.44. The summed E-state index contributed by atoms with van der Waals surface area (Å²) in [6.07, 6.45) is 37.2. The van der Waals surface area contributed by atoms with Gasteiger partial charge in [-0.05, 0) is 24.7 Å². The number of hydrogen-bond acceptors (Lipinski definition) is 2. The molecule has 0 rings (SSSR count). The maximum Gasteiger partial charge on any atom is 0.328 e. The molecule has 40 heavy (non-hydrogen) atoms. The van der Waals surface area contributed by atoms with Crippen LogP contribution in [0.1, 0.15) is 207 Å². The van der Waals surface area contributed by atoms with E-state index >= 15 is 0 Å². The summed E-state index contributed by atoms with van der Waals surface area (Å²) in [6, 6.07) is 0. The molecule has 242 valence electrons. The van der Waals surface area contributed by atoms with E-state index in [0.29, 0.717) is 12.8 Å². The van der Waals surface area contributed by atoms with E-state index in [1.807, 2.05) is 0 Å². The zero-order valence-electron chi connectivity index (χ0n) is 28.1. The van der Waals surface area contributed by atoms with E-state index in [4.69, 9.17) is 4.52 Å². The topological polar surface area (TPSA) is 46.5 Å². The first kappa shape index (κ1) is 40.1. The van der Waals surface area contributed by atoms with Gasteiger partial charge in [-0.15, -0.1) is 0 Å². The van der Waals surface area contributed by atoms with Gasteiger partial charge in [-0.2, -0.15) is 0 Å². The standard InChI is InChI=1S/C36H75O3P/c1-35(2)31-27-23-19-15-11-7-5-9-13-17-21-25-29-33-39-40(37,38)34-30-26-22-18-14-10-6-8-12-16-20-24-28-32-36(3)4/h35-36H,5-34H2,1-4H3,(H,37,38). The van der Waals surface area contributed by atoms with Gasteiger partial charge in [-0.1, -0.05) is 195 Å². The Kier molecular flexibility index (Phi) is 30.7. The van der Waals surface area contributed by atoms with Crippen LogP contribution >= 0.6 is 7.60 Å². The molecular formula is C36H75O3P. The van der Waals surface area contributed by atoms with Crippen molar-refractivity contribution >= 4 is 7.60 Å². The van der Waals surface area contributed by atoms with Crippen LogP contribution in [-0.4, -0.2) is 17.7 Å². The van der Waals surface area contributed by atoms with Crippen molar-refractivity contribution < 1.29 is 14.0 Å². The molecule has 0 aromatic heterocycles. The molecule has 1 unspecified atom stereocenters. The zero-order valence-corrected chi connectivity index (χ0v) is 29.0. The summed E-state index contributed by atoms with van der Waals surface area (Å²) in [5.41, 5.74) is 0. The Bertz CT molecular complexity index is 534. The van der Waals surface area contributed by atoms with Gasteiger partial charge in [0.1, 0.15) is 0 Å². The smallest absolute Gasteiger partial charge is 0.324 e. The Balaban J connectivity index is 3.29. The third-order valence-corrected chi connectivity index (χ3v) is 9.91. The molecule has 0 saturated heterocycles. The van der Waals surface area contributed by atoms with Gasteiger partial charge >= 0.3 is 7.60 Å². The van der Waals surface area contributed by atoms with E-state index in [-0.39, 0.29) is 0 Å². The van der Waals surface area contributed by atoms with Crippen LogP contribution in [0, 0.1) is 11.8 Å². The molecule has 0 aliphatic rings. The minimum atomic E-state index is -3.37. The molecule has 3 nitrogen and oxygen atoms in total. The van der Waals surface area contributed by atoms with Crippen LogP contribution in [0.4, 0.5) is 0 Å². The molecule has 0 radical (unpaired) electrons. The molecule has 1 N–H and O–H groups in total. The van der Waals surface area contributed by atoms with Crippen LogP contribution in [0.15, 0.2) is 0 Å². The van der Waals surface area contributed by atoms with E-state index in [1.54, 1.807) is 0 Å². The Morgan fingerprint density at radius 2 is 0.675 bits per heavy atom. The first-order valence-corrected chi connectivity index (χ1v) is 20.1. The van der Waals surface area contributed by atoms with E-state index in [2.05, 4.69) is 27.7 Å². The van der Waals surface area contributed by atoms with Crippen LogP contribution in [0.5, 0.6) is 0 Å². The molecule has 0 heterocycles. The highest BCUT2D eigenvalue weighted by Gasteiger charge is 2.17. The van der Waals surface area contributed by atoms with Gasteiger partial charge in [-0.25, -0.2) is 0 Å². The second-order valence-corrected chi connectivity index (χ2v) is 15.7. The van der Waals surface area contributed by atoms with Crippen molar-refractivity contribution in [3.8, 4) is 0 Å². The van der Waals surface area contributed by atoms with Gasteiger partial charge in [0.15, 0.2) is 0 Å². The lowest BCUT2D eigenvalue weighted by Crippen LogP contribution is -1.97. The lowest BCUT2D eigenvalue weighted by molar-refractivity contribution is 0.251. The van der Waals surface area contributed by atoms with Crippen molar-refractivity contribution in [3.05, 3.63) is 0 Å². The van der Waals surface area contributed by atoms with Crippen molar-refractivity contribution in [3.63, 3.8) is 0 Å². The molecule has 0 fully saturated rings. The number of rotatable bonds is 33. The highest BCUT2D eigenvalue weighted by atomic mass is 31.2. The summed E-state index contributed by atoms with van der Waals surface area (Å²) < 4.78 is 17.6. The average molecular weight is 587 g/mol. The van der Waals surface area contributed by atoms with Crippen LogP contribution in [0.2, 0.25) is 0 Å². The van der Waals surface area contributed by atoms with Crippen molar-refractivity contribution in [1.82, 2.24) is 0 Å². The fourth-order valence-electron chi connectivity index (χ4n) is 5.68. The fourth-order valence-corrected chi connectivity index (χ4v) is 6.85. The Morgan fingerprint density at radius 1 is 0.425 bits per heavy atom. The SMILES string of the molecule is CC(C)CCCCCCCCCCCCCCCOP(=O)(O)CCCCCCCCCCCCCCCC(C)C. The van der Waals surface area contributed by atoms with Gasteiger partial charge in [0.2, 0.25) is 0 Å². The number of hydrogen-bond donors (Lipinski definition) is 1. The van der Waals surface area contributed by atoms with Gasteiger partial charge in [-0.3, -0.25) is 4.57 Å². The summed E-state index contributed by atoms with van der Waals surface area (Å²) in [4.78, 5) is 10.1. The molecule has 0 aromatic carbocycles. The van der Waals surface area contributed by atoms with Crippen molar-refractivity contribution in [2.45, 2.75) is 207 Å². The van der Waals surface area contributed by atoms with Crippen LogP contribution in [-0.2, 0) is 9.09 Å². The molecule has 4 heteroatoms. The molecule has 0 spiro atoms. The molecule has 0 amide bonds. The summed E-state index contributed by atoms with van der Waals surface area (Å²) >= 11 is 0. The number of unbranched alkanes of at least 4 members (excludes halogenated alkanes) is 24.